The number of hydrogen-bond acceptors (Lipinski definition) is 3. The van der Waals surface area contributed by atoms with Crippen molar-refractivity contribution < 1.29 is 8.42 Å². The van der Waals surface area contributed by atoms with E-state index in [1.165, 1.54) is 6.26 Å². The SMILES string of the molecule is CCNC(=NCc1ccc(CS(C)(=O)=O)cc1)NC(C)CC.I. The van der Waals surface area contributed by atoms with Crippen LogP contribution < -0.4 is 10.6 Å². The van der Waals surface area contributed by atoms with Crippen molar-refractivity contribution in [1.82, 2.24) is 10.6 Å². The lowest BCUT2D eigenvalue weighted by atomic mass is 10.1. The molecule has 0 radical (unpaired) electrons. The molecule has 1 aromatic rings. The van der Waals surface area contributed by atoms with Gasteiger partial charge in [-0.3, -0.25) is 0 Å². The van der Waals surface area contributed by atoms with Gasteiger partial charge in [0.2, 0.25) is 0 Å². The summed E-state index contributed by atoms with van der Waals surface area (Å²) in [7, 11) is -2.99. The number of benzene rings is 1. The summed E-state index contributed by atoms with van der Waals surface area (Å²) in [4.78, 5) is 4.55. The van der Waals surface area contributed by atoms with Gasteiger partial charge < -0.3 is 10.6 Å². The monoisotopic (exact) mass is 453 g/mol. The highest BCUT2D eigenvalue weighted by atomic mass is 127. The Labute approximate surface area is 157 Å². The van der Waals surface area contributed by atoms with E-state index in [-0.39, 0.29) is 29.7 Å². The first-order chi connectivity index (χ1) is 10.3. The molecule has 1 aromatic carbocycles. The minimum atomic E-state index is -2.99. The number of sulfone groups is 1. The maximum atomic E-state index is 11.3. The number of halogens is 1. The van der Waals surface area contributed by atoms with Crippen LogP contribution in [0.15, 0.2) is 29.3 Å². The van der Waals surface area contributed by atoms with Crippen LogP contribution in [0.4, 0.5) is 0 Å². The molecule has 0 spiro atoms. The molecule has 1 atom stereocenters. The van der Waals surface area contributed by atoms with Crippen molar-refractivity contribution >= 4 is 39.8 Å². The molecule has 5 nitrogen and oxygen atoms in total. The number of nitrogens with zero attached hydrogens (tertiary/aromatic N) is 1. The van der Waals surface area contributed by atoms with E-state index in [2.05, 4.69) is 29.5 Å². The Kier molecular flexibility index (Phi) is 10.5. The summed E-state index contributed by atoms with van der Waals surface area (Å²) < 4.78 is 22.5. The zero-order valence-electron chi connectivity index (χ0n) is 14.3. The summed E-state index contributed by atoms with van der Waals surface area (Å²) >= 11 is 0. The molecule has 0 saturated heterocycles. The number of rotatable bonds is 7. The normalized spacial score (nSPS) is 13.1. The van der Waals surface area contributed by atoms with Gasteiger partial charge in [-0.15, -0.1) is 24.0 Å². The molecule has 0 amide bonds. The van der Waals surface area contributed by atoms with Crippen LogP contribution in [0.5, 0.6) is 0 Å². The van der Waals surface area contributed by atoms with E-state index < -0.39 is 9.84 Å². The Balaban J connectivity index is 0.00000484. The van der Waals surface area contributed by atoms with Gasteiger partial charge >= 0.3 is 0 Å². The topological polar surface area (TPSA) is 70.6 Å². The van der Waals surface area contributed by atoms with Gasteiger partial charge in [0.05, 0.1) is 12.3 Å². The van der Waals surface area contributed by atoms with E-state index in [9.17, 15) is 8.42 Å². The van der Waals surface area contributed by atoms with E-state index in [0.29, 0.717) is 12.6 Å². The van der Waals surface area contributed by atoms with Gasteiger partial charge in [-0.2, -0.15) is 0 Å². The van der Waals surface area contributed by atoms with E-state index in [1.807, 2.05) is 31.2 Å². The molecule has 0 aliphatic rings. The first kappa shape index (κ1) is 22.2. The summed E-state index contributed by atoms with van der Waals surface area (Å²) in [6.45, 7) is 7.66. The number of aliphatic imine (C=N–C) groups is 1. The largest absolute Gasteiger partial charge is 0.357 e. The van der Waals surface area contributed by atoms with Crippen molar-refractivity contribution in [2.75, 3.05) is 12.8 Å². The van der Waals surface area contributed by atoms with Crippen LogP contribution in [-0.4, -0.2) is 33.2 Å². The summed E-state index contributed by atoms with van der Waals surface area (Å²) in [5.41, 5.74) is 1.86. The van der Waals surface area contributed by atoms with Crippen LogP contribution in [-0.2, 0) is 22.1 Å². The number of guanidine groups is 1. The minimum absolute atomic E-state index is 0. The van der Waals surface area contributed by atoms with Crippen LogP contribution in [0, 0.1) is 0 Å². The van der Waals surface area contributed by atoms with E-state index >= 15 is 0 Å². The van der Waals surface area contributed by atoms with Crippen molar-refractivity contribution in [3.8, 4) is 0 Å². The van der Waals surface area contributed by atoms with Gasteiger partial charge in [0.15, 0.2) is 15.8 Å². The molecule has 1 unspecified atom stereocenters. The molecule has 132 valence electrons. The molecular weight excluding hydrogens is 425 g/mol. The standard InChI is InChI=1S/C16H27N3O2S.HI/c1-5-13(3)19-16(17-6-2)18-11-14-7-9-15(10-8-14)12-22(4,20)21;/h7-10,13H,5-6,11-12H2,1-4H3,(H2,17,18,19);1H. The second-order valence-electron chi connectivity index (χ2n) is 5.54. The van der Waals surface area contributed by atoms with Crippen LogP contribution in [0.2, 0.25) is 0 Å². The minimum Gasteiger partial charge on any atom is -0.357 e. The lowest BCUT2D eigenvalue weighted by molar-refractivity contribution is 0.601. The van der Waals surface area contributed by atoms with Crippen LogP contribution >= 0.6 is 24.0 Å². The van der Waals surface area contributed by atoms with Crippen molar-refractivity contribution in [3.63, 3.8) is 0 Å². The average Bonchev–Trinajstić information content (AvgIpc) is 2.44. The quantitative estimate of drug-likeness (QED) is 0.379. The molecule has 1 rings (SSSR count). The molecule has 0 aliphatic heterocycles. The summed E-state index contributed by atoms with van der Waals surface area (Å²) in [5.74, 6) is 0.881. The predicted octanol–water partition coefficient (Wildman–Crippen LogP) is 2.70. The Morgan fingerprint density at radius 1 is 1.17 bits per heavy atom. The summed E-state index contributed by atoms with van der Waals surface area (Å²) in [6.07, 6.45) is 2.28. The fourth-order valence-corrected chi connectivity index (χ4v) is 2.67. The van der Waals surface area contributed by atoms with E-state index in [0.717, 1.165) is 30.1 Å². The third-order valence-corrected chi connectivity index (χ3v) is 4.07. The Morgan fingerprint density at radius 3 is 2.22 bits per heavy atom. The molecule has 0 saturated carbocycles. The molecule has 7 heteroatoms. The van der Waals surface area contributed by atoms with E-state index in [1.54, 1.807) is 0 Å². The Bertz CT molecular complexity index is 586. The Hall–Kier alpha value is -0.830. The van der Waals surface area contributed by atoms with Crippen molar-refractivity contribution in [2.45, 2.75) is 45.5 Å². The fourth-order valence-electron chi connectivity index (χ4n) is 1.87. The zero-order valence-corrected chi connectivity index (χ0v) is 17.4. The number of nitrogens with one attached hydrogen (secondary N) is 2. The maximum absolute atomic E-state index is 11.3. The van der Waals surface area contributed by atoms with Gasteiger partial charge in [0, 0.05) is 18.8 Å². The summed E-state index contributed by atoms with van der Waals surface area (Å²) in [5, 5.41) is 6.56. The molecule has 0 aliphatic carbocycles. The highest BCUT2D eigenvalue weighted by molar-refractivity contribution is 14.0. The lowest BCUT2D eigenvalue weighted by Crippen LogP contribution is -2.41. The zero-order chi connectivity index (χ0) is 16.6. The average molecular weight is 453 g/mol. The fraction of sp³-hybridized carbons (Fsp3) is 0.562. The molecule has 0 fully saturated rings. The van der Waals surface area contributed by atoms with Crippen LogP contribution in [0.25, 0.3) is 0 Å². The summed E-state index contributed by atoms with van der Waals surface area (Å²) in [6, 6.07) is 7.92. The molecule has 0 heterocycles. The van der Waals surface area contributed by atoms with E-state index in [4.69, 9.17) is 0 Å². The second kappa shape index (κ2) is 10.9. The maximum Gasteiger partial charge on any atom is 0.191 e. The molecule has 23 heavy (non-hydrogen) atoms. The Morgan fingerprint density at radius 2 is 1.74 bits per heavy atom. The van der Waals surface area contributed by atoms with Crippen molar-refractivity contribution in [2.24, 2.45) is 4.99 Å². The van der Waals surface area contributed by atoms with Gasteiger partial charge in [-0.25, -0.2) is 13.4 Å². The highest BCUT2D eigenvalue weighted by Crippen LogP contribution is 2.08. The first-order valence-electron chi connectivity index (χ1n) is 7.64. The van der Waals surface area contributed by atoms with Gasteiger partial charge in [-0.1, -0.05) is 31.2 Å². The molecule has 2 N–H and O–H groups in total. The molecule has 0 aromatic heterocycles. The van der Waals surface area contributed by atoms with Gasteiger partial charge in [0.1, 0.15) is 0 Å². The van der Waals surface area contributed by atoms with Crippen molar-refractivity contribution in [1.29, 1.82) is 0 Å². The van der Waals surface area contributed by atoms with Crippen molar-refractivity contribution in [3.05, 3.63) is 35.4 Å². The lowest BCUT2D eigenvalue weighted by Gasteiger charge is -2.16. The third kappa shape index (κ3) is 9.80. The predicted molar refractivity (Wildman–Crippen MR) is 108 cm³/mol. The van der Waals surface area contributed by atoms with Gasteiger partial charge in [-0.05, 0) is 31.4 Å². The van der Waals surface area contributed by atoms with Crippen LogP contribution in [0.3, 0.4) is 0 Å². The highest BCUT2D eigenvalue weighted by Gasteiger charge is 2.05. The number of hydrogen-bond donors (Lipinski definition) is 2. The second-order valence-corrected chi connectivity index (χ2v) is 7.68. The smallest absolute Gasteiger partial charge is 0.191 e. The first-order valence-corrected chi connectivity index (χ1v) is 9.70. The molecule has 0 bridgehead atoms. The van der Waals surface area contributed by atoms with Crippen LogP contribution in [0.1, 0.15) is 38.3 Å². The van der Waals surface area contributed by atoms with Gasteiger partial charge in [0.25, 0.3) is 0 Å². The third-order valence-electron chi connectivity index (χ3n) is 3.21. The molecular formula is C16H28IN3O2S.